The Morgan fingerprint density at radius 1 is 0.529 bits per heavy atom. The fraction of sp³-hybridized carbons (Fsp3) is 0.763. The Morgan fingerprint density at radius 3 is 1.56 bits per heavy atom. The zero-order chi connectivity index (χ0) is 51.0. The summed E-state index contributed by atoms with van der Waals surface area (Å²) in [5.74, 6) is -0.261. The quantitative estimate of drug-likeness (QED) is 0.0196. The number of esters is 1. The molecule has 1 fully saturated rings. The van der Waals surface area contributed by atoms with Gasteiger partial charge in [0, 0.05) is 12.8 Å². The maximum absolute atomic E-state index is 13.0. The molecule has 0 bridgehead atoms. The molecule has 0 aromatic heterocycles. The highest BCUT2D eigenvalue weighted by Crippen LogP contribution is 2.23. The van der Waals surface area contributed by atoms with Crippen molar-refractivity contribution >= 4 is 11.9 Å². The summed E-state index contributed by atoms with van der Waals surface area (Å²) in [6.07, 6.45) is 52.7. The molecular formula is C59H103NO10. The zero-order valence-corrected chi connectivity index (χ0v) is 44.2. The third-order valence-corrected chi connectivity index (χ3v) is 12.7. The predicted octanol–water partition coefficient (Wildman–Crippen LogP) is 12.4. The summed E-state index contributed by atoms with van der Waals surface area (Å²) >= 11 is 0. The standard InChI is InChI=1S/C59H103NO10/c1-3-5-7-9-11-13-15-22-27-31-35-39-43-47-55(64)68-48-44-40-36-32-28-24-21-19-17-18-20-23-26-30-34-38-42-46-54(63)60-51(50-69-59-58(67)57(66)56(65)53(49-61)70-59)52(62)45-41-37-33-29-25-16-14-12-10-8-6-4-2/h7,9,13,15,17,19,24-25,28-29,41,45,51-53,56-59,61-62,65-67H,3-6,8,10-12,14,16,18,20-23,26-27,30-40,42-44,46-50H2,1-2H3,(H,60,63)/b9-7-,15-13-,19-17-,28-24-,29-25+,45-41+. The second-order valence-corrected chi connectivity index (χ2v) is 19.3. The zero-order valence-electron chi connectivity index (χ0n) is 44.2. The van der Waals surface area contributed by atoms with Crippen molar-refractivity contribution in [1.82, 2.24) is 5.32 Å². The molecule has 11 nitrogen and oxygen atoms in total. The number of hydrogen-bond acceptors (Lipinski definition) is 10. The summed E-state index contributed by atoms with van der Waals surface area (Å²) in [7, 11) is 0. The average Bonchev–Trinajstić information content (AvgIpc) is 3.36. The first-order chi connectivity index (χ1) is 34.2. The Bertz CT molecular complexity index is 1390. The lowest BCUT2D eigenvalue weighted by atomic mass is 9.99. The molecule has 11 heteroatoms. The van der Waals surface area contributed by atoms with Crippen molar-refractivity contribution in [2.24, 2.45) is 0 Å². The van der Waals surface area contributed by atoms with E-state index in [4.69, 9.17) is 14.2 Å². The summed E-state index contributed by atoms with van der Waals surface area (Å²) in [6.45, 7) is 4.16. The summed E-state index contributed by atoms with van der Waals surface area (Å²) in [5, 5.41) is 54.2. The van der Waals surface area contributed by atoms with E-state index in [0.29, 0.717) is 19.4 Å². The lowest BCUT2D eigenvalue weighted by Gasteiger charge is -2.40. The van der Waals surface area contributed by atoms with Gasteiger partial charge in [-0.2, -0.15) is 0 Å². The van der Waals surface area contributed by atoms with Crippen molar-refractivity contribution in [3.63, 3.8) is 0 Å². The Morgan fingerprint density at radius 2 is 1.00 bits per heavy atom. The van der Waals surface area contributed by atoms with E-state index in [-0.39, 0.29) is 18.5 Å². The monoisotopic (exact) mass is 986 g/mol. The van der Waals surface area contributed by atoms with Gasteiger partial charge in [0.15, 0.2) is 6.29 Å². The Kier molecular flexibility index (Phi) is 45.0. The van der Waals surface area contributed by atoms with Gasteiger partial charge in [0.05, 0.1) is 32.0 Å². The molecule has 1 amide bonds. The molecule has 0 spiro atoms. The summed E-state index contributed by atoms with van der Waals surface area (Å²) < 4.78 is 16.6. The van der Waals surface area contributed by atoms with Crippen molar-refractivity contribution in [3.8, 4) is 0 Å². The number of rotatable bonds is 47. The van der Waals surface area contributed by atoms with Crippen molar-refractivity contribution in [1.29, 1.82) is 0 Å². The maximum atomic E-state index is 13.0. The van der Waals surface area contributed by atoms with Gasteiger partial charge < -0.3 is 45.1 Å². The fourth-order valence-electron chi connectivity index (χ4n) is 8.22. The molecule has 7 atom stereocenters. The Balaban J connectivity index is 2.16. The lowest BCUT2D eigenvalue weighted by Crippen LogP contribution is -2.60. The number of allylic oxidation sites excluding steroid dienone is 11. The predicted molar refractivity (Wildman–Crippen MR) is 287 cm³/mol. The molecule has 404 valence electrons. The first kappa shape index (κ1) is 65.1. The van der Waals surface area contributed by atoms with E-state index in [2.05, 4.69) is 79.9 Å². The molecule has 1 rings (SSSR count). The van der Waals surface area contributed by atoms with Crippen LogP contribution in [0.2, 0.25) is 0 Å². The van der Waals surface area contributed by atoms with E-state index in [1.807, 2.05) is 6.08 Å². The van der Waals surface area contributed by atoms with Crippen LogP contribution in [0, 0.1) is 0 Å². The van der Waals surface area contributed by atoms with Crippen LogP contribution < -0.4 is 5.32 Å². The first-order valence-corrected chi connectivity index (χ1v) is 28.2. The van der Waals surface area contributed by atoms with E-state index in [1.54, 1.807) is 6.08 Å². The molecule has 0 aromatic rings. The number of unbranched alkanes of at least 4 members (excludes halogenated alkanes) is 23. The highest BCUT2D eigenvalue weighted by atomic mass is 16.7. The fourth-order valence-corrected chi connectivity index (χ4v) is 8.22. The summed E-state index contributed by atoms with van der Waals surface area (Å²) in [4.78, 5) is 25.0. The minimum atomic E-state index is -1.58. The molecule has 7 unspecified atom stereocenters. The second kappa shape index (κ2) is 48.4. The molecule has 1 saturated heterocycles. The van der Waals surface area contributed by atoms with Crippen LogP contribution in [0.4, 0.5) is 0 Å². The van der Waals surface area contributed by atoms with Crippen molar-refractivity contribution < 1.29 is 49.3 Å². The van der Waals surface area contributed by atoms with Crippen LogP contribution in [-0.4, -0.2) is 100 Å². The topological polar surface area (TPSA) is 175 Å². The minimum absolute atomic E-state index is 0.0497. The summed E-state index contributed by atoms with van der Waals surface area (Å²) in [6, 6.07) is -0.841. The van der Waals surface area contributed by atoms with Gasteiger partial charge in [-0.3, -0.25) is 9.59 Å². The van der Waals surface area contributed by atoms with Gasteiger partial charge in [0.2, 0.25) is 5.91 Å². The van der Waals surface area contributed by atoms with Gasteiger partial charge in [-0.15, -0.1) is 0 Å². The van der Waals surface area contributed by atoms with Gasteiger partial charge in [-0.05, 0) is 109 Å². The molecule has 1 heterocycles. The van der Waals surface area contributed by atoms with Crippen LogP contribution in [0.3, 0.4) is 0 Å². The molecule has 0 radical (unpaired) electrons. The van der Waals surface area contributed by atoms with E-state index < -0.39 is 49.5 Å². The molecular weight excluding hydrogens is 883 g/mol. The highest BCUT2D eigenvalue weighted by Gasteiger charge is 2.44. The normalized spacial score (nSPS) is 19.8. The van der Waals surface area contributed by atoms with Crippen LogP contribution in [-0.2, 0) is 23.8 Å². The van der Waals surface area contributed by atoms with Crippen molar-refractivity contribution in [2.75, 3.05) is 19.8 Å². The summed E-state index contributed by atoms with van der Waals surface area (Å²) in [5.41, 5.74) is 0. The number of aliphatic hydroxyl groups is 5. The van der Waals surface area contributed by atoms with Crippen molar-refractivity contribution in [3.05, 3.63) is 72.9 Å². The number of amides is 1. The highest BCUT2D eigenvalue weighted by molar-refractivity contribution is 5.76. The number of aliphatic hydroxyl groups excluding tert-OH is 5. The second-order valence-electron chi connectivity index (χ2n) is 19.3. The van der Waals surface area contributed by atoms with Crippen LogP contribution in [0.1, 0.15) is 226 Å². The molecule has 0 aromatic carbocycles. The first-order valence-electron chi connectivity index (χ1n) is 28.2. The molecule has 70 heavy (non-hydrogen) atoms. The molecule has 6 N–H and O–H groups in total. The maximum Gasteiger partial charge on any atom is 0.305 e. The molecule has 0 aliphatic carbocycles. The van der Waals surface area contributed by atoms with Gasteiger partial charge in [0.1, 0.15) is 24.4 Å². The van der Waals surface area contributed by atoms with E-state index >= 15 is 0 Å². The number of carbonyl (C=O) groups is 2. The average molecular weight is 986 g/mol. The molecule has 1 aliphatic rings. The van der Waals surface area contributed by atoms with Crippen LogP contribution in [0.15, 0.2) is 72.9 Å². The third kappa shape index (κ3) is 37.8. The van der Waals surface area contributed by atoms with Gasteiger partial charge >= 0.3 is 5.97 Å². The number of ether oxygens (including phenoxy) is 3. The third-order valence-electron chi connectivity index (χ3n) is 12.7. The van der Waals surface area contributed by atoms with E-state index in [0.717, 1.165) is 109 Å². The number of carbonyl (C=O) groups excluding carboxylic acids is 2. The number of nitrogens with one attached hydrogen (secondary N) is 1. The van der Waals surface area contributed by atoms with Gasteiger partial charge in [0.25, 0.3) is 0 Å². The van der Waals surface area contributed by atoms with E-state index in [9.17, 15) is 35.1 Å². The lowest BCUT2D eigenvalue weighted by molar-refractivity contribution is -0.302. The molecule has 1 aliphatic heterocycles. The van der Waals surface area contributed by atoms with Crippen LogP contribution in [0.25, 0.3) is 0 Å². The number of hydrogen-bond donors (Lipinski definition) is 6. The van der Waals surface area contributed by atoms with Crippen LogP contribution >= 0.6 is 0 Å². The largest absolute Gasteiger partial charge is 0.466 e. The Labute approximate surface area is 426 Å². The van der Waals surface area contributed by atoms with E-state index in [1.165, 1.54) is 89.9 Å². The SMILES string of the molecule is CCC/C=C\C/C=C\CCCCCCCC(=O)OCCCCC/C=C\C/C=C\CCCCCCCCCC(=O)NC(COC1OC(CO)C(O)C(O)C1O)C(O)/C=C/CC/C=C/CCCCCCCC. The smallest absolute Gasteiger partial charge is 0.305 e. The Hall–Kier alpha value is -2.90. The van der Waals surface area contributed by atoms with Gasteiger partial charge in [-0.1, -0.05) is 177 Å². The van der Waals surface area contributed by atoms with Crippen molar-refractivity contribution in [2.45, 2.75) is 269 Å². The van der Waals surface area contributed by atoms with Crippen LogP contribution in [0.5, 0.6) is 0 Å². The van der Waals surface area contributed by atoms with Gasteiger partial charge in [-0.25, -0.2) is 0 Å². The molecule has 0 saturated carbocycles. The minimum Gasteiger partial charge on any atom is -0.466 e.